The van der Waals surface area contributed by atoms with Crippen molar-refractivity contribution in [1.82, 2.24) is 0 Å². The topological polar surface area (TPSA) is 24.7 Å². The molecule has 0 N–H and O–H groups in total. The van der Waals surface area contributed by atoms with Gasteiger partial charge in [-0.3, -0.25) is 0 Å². The average Bonchev–Trinajstić information content (AvgIpc) is 2.27. The molecule has 1 aliphatic carbocycles. The van der Waals surface area contributed by atoms with Gasteiger partial charge in [0, 0.05) is 19.5 Å². The van der Waals surface area contributed by atoms with E-state index >= 15 is 0 Å². The van der Waals surface area contributed by atoms with Crippen molar-refractivity contribution in [3.8, 4) is 0 Å². The van der Waals surface area contributed by atoms with Crippen molar-refractivity contribution in [2.24, 2.45) is 9.98 Å². The van der Waals surface area contributed by atoms with Gasteiger partial charge in [0.05, 0.1) is 5.71 Å². The van der Waals surface area contributed by atoms with E-state index in [4.69, 9.17) is 0 Å². The molecule has 0 radical (unpaired) electrons. The molecular formula is C7H6N2SZn. The number of thiol groups is 1. The third-order valence-corrected chi connectivity index (χ3v) is 1.67. The summed E-state index contributed by atoms with van der Waals surface area (Å²) in [5, 5.41) is 0.580. The smallest absolute Gasteiger partial charge is 0.181 e. The molecule has 1 atom stereocenters. The molecule has 0 saturated carbocycles. The minimum Gasteiger partial charge on any atom is -0.247 e. The van der Waals surface area contributed by atoms with Crippen LogP contribution in [-0.2, 0) is 19.5 Å². The van der Waals surface area contributed by atoms with Gasteiger partial charge in [0.25, 0.3) is 0 Å². The van der Waals surface area contributed by atoms with Gasteiger partial charge in [0.2, 0.25) is 0 Å². The first kappa shape index (κ1) is 8.89. The van der Waals surface area contributed by atoms with Crippen LogP contribution in [0.25, 0.3) is 0 Å². The van der Waals surface area contributed by atoms with E-state index in [0.29, 0.717) is 5.17 Å². The fourth-order valence-corrected chi connectivity index (χ4v) is 1.24. The minimum atomic E-state index is 0. The second-order valence-electron chi connectivity index (χ2n) is 2.15. The van der Waals surface area contributed by atoms with Crippen molar-refractivity contribution in [3.05, 3.63) is 24.3 Å². The van der Waals surface area contributed by atoms with Crippen molar-refractivity contribution in [2.45, 2.75) is 6.04 Å². The molecule has 11 heavy (non-hydrogen) atoms. The van der Waals surface area contributed by atoms with E-state index in [0.717, 1.165) is 5.71 Å². The molecule has 0 aromatic rings. The van der Waals surface area contributed by atoms with Crippen LogP contribution in [-0.4, -0.2) is 16.9 Å². The van der Waals surface area contributed by atoms with Gasteiger partial charge in [-0.2, -0.15) is 0 Å². The van der Waals surface area contributed by atoms with Crippen molar-refractivity contribution >= 4 is 23.5 Å². The number of hydrogen-bond acceptors (Lipinski definition) is 2. The molecule has 0 bridgehead atoms. The third kappa shape index (κ3) is 1.68. The Balaban J connectivity index is 0.000000605. The fraction of sp³-hybridized carbons (Fsp3) is 0.143. The van der Waals surface area contributed by atoms with Crippen molar-refractivity contribution in [3.63, 3.8) is 0 Å². The molecule has 0 spiro atoms. The zero-order valence-corrected chi connectivity index (χ0v) is 9.80. The molecule has 2 rings (SSSR count). The largest absolute Gasteiger partial charge is 0.247 e. The molecule has 52 valence electrons. The maximum absolute atomic E-state index is 4.15. The molecule has 0 aromatic heterocycles. The molecule has 0 amide bonds. The predicted octanol–water partition coefficient (Wildman–Crippen LogP) is 1.22. The first-order chi connectivity index (χ1) is 4.86. The van der Waals surface area contributed by atoms with Gasteiger partial charge in [-0.15, -0.1) is 12.6 Å². The van der Waals surface area contributed by atoms with Gasteiger partial charge in [0.15, 0.2) is 5.17 Å². The maximum atomic E-state index is 4.15. The van der Waals surface area contributed by atoms with Crippen LogP contribution in [0, 0.1) is 0 Å². The monoisotopic (exact) mass is 214 g/mol. The van der Waals surface area contributed by atoms with Crippen LogP contribution in [0.1, 0.15) is 0 Å². The van der Waals surface area contributed by atoms with E-state index in [1.165, 1.54) is 0 Å². The normalized spacial score (nSPS) is 25.4. The van der Waals surface area contributed by atoms with Gasteiger partial charge in [-0.25, -0.2) is 9.98 Å². The molecule has 2 nitrogen and oxygen atoms in total. The summed E-state index contributed by atoms with van der Waals surface area (Å²) in [6.45, 7) is 0. The molecular weight excluding hydrogens is 210 g/mol. The molecule has 1 heterocycles. The molecule has 0 saturated heterocycles. The van der Waals surface area contributed by atoms with E-state index in [1.807, 2.05) is 24.3 Å². The van der Waals surface area contributed by atoms with Crippen LogP contribution in [0.5, 0.6) is 0 Å². The van der Waals surface area contributed by atoms with Crippen LogP contribution >= 0.6 is 12.6 Å². The Morgan fingerprint density at radius 3 is 2.91 bits per heavy atom. The zero-order chi connectivity index (χ0) is 6.97. The van der Waals surface area contributed by atoms with Crippen LogP contribution in [0.3, 0.4) is 0 Å². The summed E-state index contributed by atoms with van der Waals surface area (Å²) in [5.41, 5.74) is 0.993. The molecule has 1 unspecified atom stereocenters. The molecule has 4 heteroatoms. The summed E-state index contributed by atoms with van der Waals surface area (Å²) >= 11 is 4.04. The number of fused-ring (bicyclic) bond motifs is 1. The summed E-state index contributed by atoms with van der Waals surface area (Å²) in [5.74, 6) is 0. The Hall–Kier alpha value is -0.207. The Morgan fingerprint density at radius 1 is 1.36 bits per heavy atom. The number of hydrogen-bond donors (Lipinski definition) is 1. The number of amidine groups is 1. The van der Waals surface area contributed by atoms with E-state index in [1.54, 1.807) is 0 Å². The summed E-state index contributed by atoms with van der Waals surface area (Å²) in [6, 6.07) is 0.137. The van der Waals surface area contributed by atoms with E-state index in [9.17, 15) is 0 Å². The Labute approximate surface area is 83.4 Å². The van der Waals surface area contributed by atoms with Gasteiger partial charge >= 0.3 is 0 Å². The second kappa shape index (κ2) is 3.46. The Morgan fingerprint density at radius 2 is 2.18 bits per heavy atom. The van der Waals surface area contributed by atoms with Gasteiger partial charge in [0.1, 0.15) is 6.04 Å². The van der Waals surface area contributed by atoms with Crippen LogP contribution in [0.4, 0.5) is 0 Å². The van der Waals surface area contributed by atoms with Crippen molar-refractivity contribution in [2.75, 3.05) is 0 Å². The molecule has 0 fully saturated rings. The zero-order valence-electron chi connectivity index (χ0n) is 5.94. The standard InChI is InChI=1S/C7H6N2S.Zn/c10-7-8-5-3-1-2-4-6(5)9-7;/h1-5H,(H,8,10);. The number of rotatable bonds is 0. The van der Waals surface area contributed by atoms with Gasteiger partial charge in [-0.1, -0.05) is 18.2 Å². The SMILES string of the molecule is SC1=NC2C=CC=CC2=N1.[Zn]. The first-order valence-corrected chi connectivity index (χ1v) is 3.51. The number of aliphatic imine (C=N–C) groups is 2. The van der Waals surface area contributed by atoms with Gasteiger partial charge in [-0.05, 0) is 6.08 Å². The Bertz CT molecular complexity index is 278. The summed E-state index contributed by atoms with van der Waals surface area (Å²) in [7, 11) is 0. The second-order valence-corrected chi connectivity index (χ2v) is 2.55. The Kier molecular flexibility index (Phi) is 2.80. The molecule has 2 aliphatic rings. The van der Waals surface area contributed by atoms with E-state index in [2.05, 4.69) is 22.6 Å². The first-order valence-electron chi connectivity index (χ1n) is 3.06. The van der Waals surface area contributed by atoms with E-state index < -0.39 is 0 Å². The number of nitrogens with zero attached hydrogens (tertiary/aromatic N) is 2. The average molecular weight is 216 g/mol. The summed E-state index contributed by atoms with van der Waals surface area (Å²) in [4.78, 5) is 8.25. The van der Waals surface area contributed by atoms with E-state index in [-0.39, 0.29) is 25.5 Å². The van der Waals surface area contributed by atoms with Crippen LogP contribution in [0.2, 0.25) is 0 Å². The van der Waals surface area contributed by atoms with Crippen molar-refractivity contribution in [1.29, 1.82) is 0 Å². The molecule has 1 aliphatic heterocycles. The van der Waals surface area contributed by atoms with Crippen LogP contribution in [0.15, 0.2) is 34.3 Å². The fourth-order valence-electron chi connectivity index (χ4n) is 1.00. The molecule has 0 aromatic carbocycles. The van der Waals surface area contributed by atoms with Crippen molar-refractivity contribution < 1.29 is 19.5 Å². The van der Waals surface area contributed by atoms with Crippen LogP contribution < -0.4 is 0 Å². The summed E-state index contributed by atoms with van der Waals surface area (Å²) in [6.07, 6.45) is 7.89. The number of allylic oxidation sites excluding steroid dienone is 2. The quantitative estimate of drug-likeness (QED) is 0.464. The minimum absolute atomic E-state index is 0. The van der Waals surface area contributed by atoms with Gasteiger partial charge < -0.3 is 0 Å². The summed E-state index contributed by atoms with van der Waals surface area (Å²) < 4.78 is 0. The predicted molar refractivity (Wildman–Crippen MR) is 45.9 cm³/mol. The third-order valence-electron chi connectivity index (χ3n) is 1.46. The maximum Gasteiger partial charge on any atom is 0.181 e.